The van der Waals surface area contributed by atoms with Gasteiger partial charge in [-0.2, -0.15) is 0 Å². The van der Waals surface area contributed by atoms with Gasteiger partial charge < -0.3 is 14.7 Å². The van der Waals surface area contributed by atoms with Gasteiger partial charge in [0.1, 0.15) is 17.0 Å². The number of nitrogens with one attached hydrogen (secondary N) is 1. The molecule has 1 aliphatic rings. The first-order valence-electron chi connectivity index (χ1n) is 16.3. The third kappa shape index (κ3) is 9.54. The van der Waals surface area contributed by atoms with Crippen LogP contribution in [-0.4, -0.2) is 46.2 Å². The summed E-state index contributed by atoms with van der Waals surface area (Å²) in [5.41, 5.74) is 1.77. The number of amides is 4. The van der Waals surface area contributed by atoms with E-state index in [1.165, 1.54) is 23.6 Å². The number of hydroxylamine groups is 1. The molecule has 0 spiro atoms. The van der Waals surface area contributed by atoms with Crippen molar-refractivity contribution in [3.63, 3.8) is 0 Å². The van der Waals surface area contributed by atoms with E-state index in [9.17, 15) is 24.3 Å². The van der Waals surface area contributed by atoms with Gasteiger partial charge in [-0.1, -0.05) is 77.2 Å². The average molecular weight is 722 g/mol. The minimum absolute atomic E-state index is 0.287. The third-order valence-corrected chi connectivity index (χ3v) is 9.67. The van der Waals surface area contributed by atoms with Crippen LogP contribution in [0, 0.1) is 0 Å². The second-order valence-corrected chi connectivity index (χ2v) is 17.6. The number of carbonyl (C=O) groups is 4. The van der Waals surface area contributed by atoms with E-state index in [1.807, 2.05) is 18.2 Å². The van der Waals surface area contributed by atoms with E-state index in [1.54, 1.807) is 64.2 Å². The van der Waals surface area contributed by atoms with Crippen LogP contribution >= 0.6 is 23.5 Å². The molecule has 0 aromatic heterocycles. The van der Waals surface area contributed by atoms with Crippen LogP contribution in [0.3, 0.4) is 0 Å². The molecule has 1 fully saturated rings. The first-order valence-corrected chi connectivity index (χ1v) is 18.0. The summed E-state index contributed by atoms with van der Waals surface area (Å²) in [7, 11) is 1.58. The summed E-state index contributed by atoms with van der Waals surface area (Å²) in [4.78, 5) is 59.2. The molecule has 1 atom stereocenters. The van der Waals surface area contributed by atoms with Crippen LogP contribution in [0.15, 0.2) is 64.4 Å². The number of hydrogen-bond donors (Lipinski definition) is 2. The number of anilines is 2. The lowest BCUT2D eigenvalue weighted by Gasteiger charge is -2.29. The molecular weight excluding hydrogens is 675 g/mol. The van der Waals surface area contributed by atoms with E-state index < -0.39 is 22.9 Å². The number of rotatable bonds is 8. The first-order chi connectivity index (χ1) is 23.0. The van der Waals surface area contributed by atoms with Crippen LogP contribution in [0.4, 0.5) is 21.0 Å². The Morgan fingerprint density at radius 2 is 1.44 bits per heavy atom. The van der Waals surface area contributed by atoms with Crippen molar-refractivity contribution < 1.29 is 33.9 Å². The van der Waals surface area contributed by atoms with Crippen molar-refractivity contribution in [1.29, 1.82) is 0 Å². The van der Waals surface area contributed by atoms with Crippen LogP contribution in [0.1, 0.15) is 85.9 Å². The molecule has 0 bridgehead atoms. The maximum atomic E-state index is 13.4. The number of benzene rings is 3. The summed E-state index contributed by atoms with van der Waals surface area (Å²) in [5.74, 6) is -0.119. The lowest BCUT2D eigenvalue weighted by atomic mass is 9.79. The van der Waals surface area contributed by atoms with Crippen LogP contribution in [0.25, 0.3) is 0 Å². The number of hydrogen-bond acceptors (Lipinski definition) is 9. The molecule has 0 radical (unpaired) electrons. The number of phenols is 1. The topological polar surface area (TPSA) is 125 Å². The van der Waals surface area contributed by atoms with E-state index in [2.05, 4.69) is 46.9 Å². The zero-order chi connectivity index (χ0) is 37.3. The van der Waals surface area contributed by atoms with Crippen LogP contribution in [0.5, 0.6) is 11.5 Å². The number of nitrogens with zero attached hydrogens (tertiary/aromatic N) is 2. The zero-order valence-electron chi connectivity index (χ0n) is 30.6. The Balaban J connectivity index is 1.72. The van der Waals surface area contributed by atoms with Gasteiger partial charge in [0.2, 0.25) is 5.91 Å². The minimum Gasteiger partial charge on any atom is -0.507 e. The Hall–Kier alpha value is -4.16. The SMILES string of the molecule is CC(=O)N(Oc1ccc(CC2SC(=O)NC2=O)cc1)c1ccc(Sc2cc(C(C)(C)C)c(O)c(C(C)(C)C)c2)cc1N(C)C(=O)OC(C)(C)C. The number of imide groups is 1. The normalized spacial score (nSPS) is 15.1. The highest BCUT2D eigenvalue weighted by atomic mass is 32.2. The zero-order valence-corrected chi connectivity index (χ0v) is 32.2. The summed E-state index contributed by atoms with van der Waals surface area (Å²) < 4.78 is 5.68. The molecule has 0 aliphatic carbocycles. The number of aromatic hydroxyl groups is 1. The monoisotopic (exact) mass is 721 g/mol. The van der Waals surface area contributed by atoms with Crippen molar-refractivity contribution in [3.05, 3.63) is 71.3 Å². The fourth-order valence-corrected chi connectivity index (χ4v) is 6.99. The molecule has 4 amide bonds. The molecule has 1 heterocycles. The van der Waals surface area contributed by atoms with E-state index in [0.717, 1.165) is 43.3 Å². The molecule has 0 saturated carbocycles. The molecule has 3 aromatic rings. The second kappa shape index (κ2) is 14.6. The quantitative estimate of drug-likeness (QED) is 0.220. The van der Waals surface area contributed by atoms with Gasteiger partial charge in [-0.15, -0.1) is 5.06 Å². The van der Waals surface area contributed by atoms with Gasteiger partial charge in [-0.05, 0) is 86.1 Å². The Morgan fingerprint density at radius 3 is 1.92 bits per heavy atom. The maximum Gasteiger partial charge on any atom is 0.414 e. The highest BCUT2D eigenvalue weighted by Gasteiger charge is 2.32. The van der Waals surface area contributed by atoms with E-state index >= 15 is 0 Å². The Kier molecular flexibility index (Phi) is 11.3. The maximum absolute atomic E-state index is 13.4. The fraction of sp³-hybridized carbons (Fsp3) is 0.421. The van der Waals surface area contributed by atoms with Crippen molar-refractivity contribution in [2.24, 2.45) is 0 Å². The molecule has 3 aromatic carbocycles. The lowest BCUT2D eigenvalue weighted by molar-refractivity contribution is -0.120. The van der Waals surface area contributed by atoms with E-state index in [4.69, 9.17) is 9.57 Å². The predicted molar refractivity (Wildman–Crippen MR) is 200 cm³/mol. The summed E-state index contributed by atoms with van der Waals surface area (Å²) in [5, 5.41) is 13.8. The largest absolute Gasteiger partial charge is 0.507 e. The molecule has 1 unspecified atom stereocenters. The van der Waals surface area contributed by atoms with Gasteiger partial charge in [0.05, 0.1) is 10.9 Å². The Morgan fingerprint density at radius 1 is 0.860 bits per heavy atom. The standard InChI is InChI=1S/C38H47N3O7S2/c1-22(42)41(48-24-14-12-23(13-15-24)18-31-33(44)39-34(45)50-31)29-17-16-25(21-30(29)40(11)35(46)47-38(8,9)10)49-26-19-27(36(2,3)4)32(43)28(20-26)37(5,6)7/h12-17,19-21,31,43H,18H2,1-11H3,(H,39,44,45). The van der Waals surface area contributed by atoms with Gasteiger partial charge in [0, 0.05) is 34.9 Å². The third-order valence-electron chi connectivity index (χ3n) is 7.72. The molecule has 4 rings (SSSR count). The highest BCUT2D eigenvalue weighted by molar-refractivity contribution is 8.15. The van der Waals surface area contributed by atoms with Crippen molar-refractivity contribution in [1.82, 2.24) is 5.32 Å². The van der Waals surface area contributed by atoms with Gasteiger partial charge in [-0.3, -0.25) is 24.6 Å². The number of phenolic OH excluding ortho intramolecular Hbond substituents is 1. The summed E-state index contributed by atoms with van der Waals surface area (Å²) in [6, 6.07) is 16.2. The van der Waals surface area contributed by atoms with Gasteiger partial charge in [0.15, 0.2) is 5.75 Å². The molecule has 1 saturated heterocycles. The van der Waals surface area contributed by atoms with Gasteiger partial charge >= 0.3 is 6.09 Å². The van der Waals surface area contributed by atoms with Crippen molar-refractivity contribution >= 4 is 58.0 Å². The summed E-state index contributed by atoms with van der Waals surface area (Å²) in [6.45, 7) is 19.1. The van der Waals surface area contributed by atoms with Gasteiger partial charge in [-0.25, -0.2) is 4.79 Å². The fourth-order valence-electron chi connectivity index (χ4n) is 5.20. The molecule has 268 valence electrons. The van der Waals surface area contributed by atoms with Crippen molar-refractivity contribution in [3.8, 4) is 11.5 Å². The molecule has 10 nitrogen and oxygen atoms in total. The first kappa shape index (κ1) is 38.6. The van der Waals surface area contributed by atoms with Gasteiger partial charge in [0.25, 0.3) is 11.1 Å². The minimum atomic E-state index is -0.764. The van der Waals surface area contributed by atoms with Crippen molar-refractivity contribution in [2.45, 2.75) is 107 Å². The highest BCUT2D eigenvalue weighted by Crippen LogP contribution is 2.44. The molecule has 2 N–H and O–H groups in total. The smallest absolute Gasteiger partial charge is 0.414 e. The lowest BCUT2D eigenvalue weighted by Crippen LogP contribution is -2.37. The van der Waals surface area contributed by atoms with Crippen molar-refractivity contribution in [2.75, 3.05) is 17.0 Å². The average Bonchev–Trinajstić information content (AvgIpc) is 3.30. The Bertz CT molecular complexity index is 1750. The molecule has 12 heteroatoms. The van der Waals surface area contributed by atoms with E-state index in [0.29, 0.717) is 23.5 Å². The molecule has 1 aliphatic heterocycles. The Labute approximate surface area is 303 Å². The predicted octanol–water partition coefficient (Wildman–Crippen LogP) is 8.75. The second-order valence-electron chi connectivity index (χ2n) is 15.3. The molecule has 50 heavy (non-hydrogen) atoms. The summed E-state index contributed by atoms with van der Waals surface area (Å²) >= 11 is 2.44. The van der Waals surface area contributed by atoms with E-state index in [-0.39, 0.29) is 27.7 Å². The summed E-state index contributed by atoms with van der Waals surface area (Å²) in [6.07, 6.45) is -0.256. The molecular formula is C38H47N3O7S2. The van der Waals surface area contributed by atoms with Crippen LogP contribution in [0.2, 0.25) is 0 Å². The number of ether oxygens (including phenoxy) is 1. The number of thioether (sulfide) groups is 1. The van der Waals surface area contributed by atoms with Crippen LogP contribution < -0.4 is 20.1 Å². The number of carbonyl (C=O) groups excluding carboxylic acids is 4. The van der Waals surface area contributed by atoms with Crippen LogP contribution in [-0.2, 0) is 31.6 Å².